The van der Waals surface area contributed by atoms with Gasteiger partial charge in [-0.05, 0) is 0 Å². The van der Waals surface area contributed by atoms with Gasteiger partial charge in [0, 0.05) is 17.6 Å². The van der Waals surface area contributed by atoms with Crippen LogP contribution in [-0.2, 0) is 0 Å². The lowest BCUT2D eigenvalue weighted by atomic mass is 10.1. The second-order valence-electron chi connectivity index (χ2n) is 2.11. The smallest absolute Gasteiger partial charge is 0.405 e. The van der Waals surface area contributed by atoms with E-state index in [9.17, 15) is 4.79 Å². The standard InChI is InChI=1S/C5H8Cl3NO2/c6-1-5(2-7,3-8)9-4(10)11/h9H,1-3H2,(H,10,11). The molecule has 0 spiro atoms. The number of amides is 1. The van der Waals surface area contributed by atoms with Crippen molar-refractivity contribution in [3.05, 3.63) is 0 Å². The molecule has 3 nitrogen and oxygen atoms in total. The summed E-state index contributed by atoms with van der Waals surface area (Å²) in [6.45, 7) is 0. The molecular formula is C5H8Cl3NO2. The molecule has 0 saturated carbocycles. The number of hydrogen-bond donors (Lipinski definition) is 2. The molecule has 0 aromatic heterocycles. The molecule has 0 radical (unpaired) electrons. The van der Waals surface area contributed by atoms with E-state index in [-0.39, 0.29) is 17.6 Å². The summed E-state index contributed by atoms with van der Waals surface area (Å²) in [6, 6.07) is 0. The topological polar surface area (TPSA) is 49.3 Å². The predicted molar refractivity (Wildman–Crippen MR) is 46.1 cm³/mol. The van der Waals surface area contributed by atoms with E-state index in [0.717, 1.165) is 0 Å². The summed E-state index contributed by atoms with van der Waals surface area (Å²) in [5.41, 5.74) is -0.906. The molecule has 0 atom stereocenters. The highest BCUT2D eigenvalue weighted by Crippen LogP contribution is 2.12. The lowest BCUT2D eigenvalue weighted by Crippen LogP contribution is -2.52. The molecule has 0 fully saturated rings. The fraction of sp³-hybridized carbons (Fsp3) is 0.800. The Kier molecular flexibility index (Phi) is 4.97. The first-order chi connectivity index (χ1) is 5.10. The van der Waals surface area contributed by atoms with E-state index in [1.165, 1.54) is 0 Å². The van der Waals surface area contributed by atoms with Crippen LogP contribution in [0.2, 0.25) is 0 Å². The molecule has 0 aliphatic carbocycles. The van der Waals surface area contributed by atoms with Crippen LogP contribution in [0.1, 0.15) is 0 Å². The molecule has 0 heterocycles. The molecule has 0 aromatic carbocycles. The van der Waals surface area contributed by atoms with Gasteiger partial charge in [0.1, 0.15) is 0 Å². The lowest BCUT2D eigenvalue weighted by molar-refractivity contribution is 0.185. The van der Waals surface area contributed by atoms with Gasteiger partial charge >= 0.3 is 6.09 Å². The first kappa shape index (κ1) is 11.1. The fourth-order valence-corrected chi connectivity index (χ4v) is 1.49. The van der Waals surface area contributed by atoms with E-state index in [2.05, 4.69) is 5.32 Å². The molecule has 0 unspecified atom stereocenters. The summed E-state index contributed by atoms with van der Waals surface area (Å²) in [5.74, 6) is 0.185. The zero-order chi connectivity index (χ0) is 8.91. The number of alkyl halides is 3. The minimum absolute atomic E-state index is 0.0618. The molecule has 0 aliphatic heterocycles. The molecule has 66 valence electrons. The molecular weight excluding hydrogens is 212 g/mol. The maximum absolute atomic E-state index is 10.2. The fourth-order valence-electron chi connectivity index (χ4n) is 0.434. The summed E-state index contributed by atoms with van der Waals surface area (Å²) < 4.78 is 0. The van der Waals surface area contributed by atoms with Gasteiger partial charge in [0.25, 0.3) is 0 Å². The molecule has 1 amide bonds. The van der Waals surface area contributed by atoms with Crippen LogP contribution in [0.4, 0.5) is 4.79 Å². The van der Waals surface area contributed by atoms with E-state index >= 15 is 0 Å². The SMILES string of the molecule is O=C(O)NC(CCl)(CCl)CCl. The summed E-state index contributed by atoms with van der Waals surface area (Å²) in [6.07, 6.45) is -1.17. The van der Waals surface area contributed by atoms with Crippen molar-refractivity contribution >= 4 is 40.9 Å². The predicted octanol–water partition coefficient (Wildman–Crippen LogP) is 1.71. The minimum Gasteiger partial charge on any atom is -0.465 e. The highest BCUT2D eigenvalue weighted by atomic mass is 35.5. The van der Waals surface area contributed by atoms with Crippen LogP contribution in [0.5, 0.6) is 0 Å². The van der Waals surface area contributed by atoms with Gasteiger partial charge in [-0.1, -0.05) is 0 Å². The number of carbonyl (C=O) groups is 1. The van der Waals surface area contributed by atoms with Gasteiger partial charge in [0.15, 0.2) is 0 Å². The Balaban J connectivity index is 4.16. The molecule has 11 heavy (non-hydrogen) atoms. The molecule has 0 aliphatic rings. The molecule has 0 aromatic rings. The molecule has 0 rings (SSSR count). The maximum Gasteiger partial charge on any atom is 0.405 e. The van der Waals surface area contributed by atoms with Crippen LogP contribution in [0, 0.1) is 0 Å². The van der Waals surface area contributed by atoms with E-state index in [1.54, 1.807) is 0 Å². The van der Waals surface area contributed by atoms with E-state index < -0.39 is 11.6 Å². The number of rotatable bonds is 4. The van der Waals surface area contributed by atoms with Crippen molar-refractivity contribution in [3.8, 4) is 0 Å². The Labute approximate surface area is 79.6 Å². The highest BCUT2D eigenvalue weighted by molar-refractivity contribution is 6.25. The summed E-state index contributed by atoms with van der Waals surface area (Å²) in [5, 5.41) is 10.5. The van der Waals surface area contributed by atoms with Crippen LogP contribution >= 0.6 is 34.8 Å². The number of halogens is 3. The first-order valence-corrected chi connectivity index (χ1v) is 4.39. The third kappa shape index (κ3) is 3.36. The van der Waals surface area contributed by atoms with Crippen molar-refractivity contribution in [2.45, 2.75) is 5.54 Å². The number of carboxylic acid groups (broad SMARTS) is 1. The summed E-state index contributed by atoms with van der Waals surface area (Å²) >= 11 is 16.4. The maximum atomic E-state index is 10.2. The third-order valence-electron chi connectivity index (χ3n) is 1.14. The lowest BCUT2D eigenvalue weighted by Gasteiger charge is -2.26. The summed E-state index contributed by atoms with van der Waals surface area (Å²) in [4.78, 5) is 10.2. The van der Waals surface area contributed by atoms with Crippen LogP contribution < -0.4 is 5.32 Å². The Morgan fingerprint density at radius 2 is 1.64 bits per heavy atom. The van der Waals surface area contributed by atoms with Crippen molar-refractivity contribution in [2.75, 3.05) is 17.6 Å². The average molecular weight is 220 g/mol. The quantitative estimate of drug-likeness (QED) is 0.709. The average Bonchev–Trinajstić information content (AvgIpc) is 2.00. The Morgan fingerprint density at radius 1 is 1.27 bits per heavy atom. The first-order valence-electron chi connectivity index (χ1n) is 2.79. The second-order valence-corrected chi connectivity index (χ2v) is 2.91. The van der Waals surface area contributed by atoms with Crippen molar-refractivity contribution in [1.82, 2.24) is 5.32 Å². The Hall–Kier alpha value is 0.140. The Morgan fingerprint density at radius 3 is 1.73 bits per heavy atom. The Bertz CT molecular complexity index is 129. The van der Waals surface area contributed by atoms with E-state index in [4.69, 9.17) is 39.9 Å². The van der Waals surface area contributed by atoms with Crippen molar-refractivity contribution < 1.29 is 9.90 Å². The largest absolute Gasteiger partial charge is 0.465 e. The molecule has 0 saturated heterocycles. The highest BCUT2D eigenvalue weighted by Gasteiger charge is 2.29. The van der Waals surface area contributed by atoms with Gasteiger partial charge in [0.2, 0.25) is 0 Å². The van der Waals surface area contributed by atoms with Gasteiger partial charge in [-0.3, -0.25) is 0 Å². The normalized spacial score (nSPS) is 11.2. The van der Waals surface area contributed by atoms with Crippen molar-refractivity contribution in [2.24, 2.45) is 0 Å². The van der Waals surface area contributed by atoms with E-state index in [1.807, 2.05) is 0 Å². The van der Waals surface area contributed by atoms with Crippen molar-refractivity contribution in [3.63, 3.8) is 0 Å². The van der Waals surface area contributed by atoms with Gasteiger partial charge in [-0.25, -0.2) is 4.79 Å². The third-order valence-corrected chi connectivity index (χ3v) is 2.67. The second kappa shape index (κ2) is 4.91. The zero-order valence-corrected chi connectivity index (χ0v) is 7.88. The van der Waals surface area contributed by atoms with Gasteiger partial charge < -0.3 is 10.4 Å². The molecule has 2 N–H and O–H groups in total. The molecule has 0 bridgehead atoms. The van der Waals surface area contributed by atoms with Crippen LogP contribution in [0.15, 0.2) is 0 Å². The number of nitrogens with one attached hydrogen (secondary N) is 1. The summed E-state index contributed by atoms with van der Waals surface area (Å²) in [7, 11) is 0. The van der Waals surface area contributed by atoms with E-state index in [0.29, 0.717) is 0 Å². The van der Waals surface area contributed by atoms with Crippen LogP contribution in [0.3, 0.4) is 0 Å². The van der Waals surface area contributed by atoms with Crippen molar-refractivity contribution in [1.29, 1.82) is 0 Å². The molecule has 6 heteroatoms. The van der Waals surface area contributed by atoms with Gasteiger partial charge in [0.05, 0.1) is 5.54 Å². The minimum atomic E-state index is -1.17. The zero-order valence-electron chi connectivity index (χ0n) is 5.61. The van der Waals surface area contributed by atoms with Gasteiger partial charge in [-0.2, -0.15) is 0 Å². The monoisotopic (exact) mass is 219 g/mol. The number of hydrogen-bond acceptors (Lipinski definition) is 1. The van der Waals surface area contributed by atoms with Crippen LogP contribution in [-0.4, -0.2) is 34.4 Å². The van der Waals surface area contributed by atoms with Gasteiger partial charge in [-0.15, -0.1) is 34.8 Å². The van der Waals surface area contributed by atoms with Crippen LogP contribution in [0.25, 0.3) is 0 Å².